The number of aromatic hydroxyl groups is 3. The predicted molar refractivity (Wildman–Crippen MR) is 394 cm³/mol. The van der Waals surface area contributed by atoms with Gasteiger partial charge in [-0.2, -0.15) is 0 Å². The third kappa shape index (κ3) is 34.2. The Kier molecular flexibility index (Phi) is 39.6. The van der Waals surface area contributed by atoms with Crippen molar-refractivity contribution in [3.05, 3.63) is 228 Å². The van der Waals surface area contributed by atoms with E-state index in [9.17, 15) is 10.2 Å². The maximum absolute atomic E-state index is 9.60. The first-order valence-electron chi connectivity index (χ1n) is 28.8. The lowest BCUT2D eigenvalue weighted by molar-refractivity contribution is 0.414. The van der Waals surface area contributed by atoms with E-state index >= 15 is 0 Å². The van der Waals surface area contributed by atoms with E-state index in [1.807, 2.05) is 93.6 Å². The van der Waals surface area contributed by atoms with Gasteiger partial charge in [-0.1, -0.05) is 314 Å². The van der Waals surface area contributed by atoms with E-state index in [0.29, 0.717) is 22.9 Å². The molecule has 88 heavy (non-hydrogen) atoms. The van der Waals surface area contributed by atoms with Crippen LogP contribution < -0.4 is 4.74 Å². The molecule has 7 aromatic rings. The largest absolute Gasteiger partial charge is 0.508 e. The molecule has 0 amide bonds. The molecule has 7 rings (SSSR count). The number of hydrogen-bond acceptors (Lipinski definition) is 5. The van der Waals surface area contributed by atoms with Crippen LogP contribution in [-0.4, -0.2) is 22.4 Å². The van der Waals surface area contributed by atoms with E-state index < -0.39 is 0 Å². The van der Waals surface area contributed by atoms with Crippen LogP contribution in [0, 0.1) is 27.7 Å². The quantitative estimate of drug-likeness (QED) is 0.0907. The van der Waals surface area contributed by atoms with Gasteiger partial charge in [0, 0.05) is 15.6 Å². The number of hydrogen-bond donors (Lipinski definition) is 3. The van der Waals surface area contributed by atoms with Crippen molar-refractivity contribution in [1.29, 1.82) is 0 Å². The molecular formula is C80H126ClN3O4. The van der Waals surface area contributed by atoms with Crippen LogP contribution in [0.3, 0.4) is 0 Å². The second-order valence-corrected chi connectivity index (χ2v) is 29.0. The number of aryl methyl sites for hydroxylation is 4. The number of benzene rings is 7. The predicted octanol–water partition coefficient (Wildman–Crippen LogP) is 26.0. The first-order chi connectivity index (χ1) is 37.8. The Morgan fingerprint density at radius 2 is 0.682 bits per heavy atom. The van der Waals surface area contributed by atoms with Gasteiger partial charge in [0.25, 0.3) is 0 Å². The molecule has 0 saturated carbocycles. The normalized spacial score (nSPS) is 10.8. The molecule has 8 heteroatoms. The van der Waals surface area contributed by atoms with E-state index in [4.69, 9.17) is 27.0 Å². The van der Waals surface area contributed by atoms with E-state index in [1.54, 1.807) is 25.3 Å². The minimum Gasteiger partial charge on any atom is -0.508 e. The lowest BCUT2D eigenvalue weighted by Gasteiger charge is -2.20. The molecule has 0 atom stereocenters. The van der Waals surface area contributed by atoms with Gasteiger partial charge in [-0.05, 0) is 169 Å². The zero-order valence-corrected chi connectivity index (χ0v) is 56.7. The number of nitrogens with zero attached hydrogens (tertiary/aromatic N) is 3. The summed E-state index contributed by atoms with van der Waals surface area (Å²) in [7, 11) is 1.69. The van der Waals surface area contributed by atoms with Crippen LogP contribution >= 0.6 is 11.6 Å². The van der Waals surface area contributed by atoms with Gasteiger partial charge in [0.1, 0.15) is 23.0 Å². The SMILES string of the molecule is C.C.C.C.C.CC(C)(C)c1ccc(Cl)cc1.CC(C)(C)c1ccc(N=[N+]=[N-])cc1.CC(C)(C)c1ccc(O)cc1.COc1ccc(C(C)(C)C)cc1.Cc1cc(C(C)(C)C)cc(C)c1O.Cc1cc(C(C)(C)C)ccc1O.Cc1cccc(C(C)(C)C)c1. The van der Waals surface area contributed by atoms with Gasteiger partial charge in [0.05, 0.1) is 7.11 Å². The highest BCUT2D eigenvalue weighted by Gasteiger charge is 2.18. The zero-order valence-electron chi connectivity index (χ0n) is 55.9. The first kappa shape index (κ1) is 90.1. The van der Waals surface area contributed by atoms with E-state index in [-0.39, 0.29) is 75.0 Å². The fourth-order valence-electron chi connectivity index (χ4n) is 7.70. The minimum atomic E-state index is 0. The van der Waals surface area contributed by atoms with E-state index in [0.717, 1.165) is 27.5 Å². The lowest BCUT2D eigenvalue weighted by atomic mass is 9.85. The Morgan fingerprint density at radius 1 is 0.375 bits per heavy atom. The number of halogens is 1. The number of methoxy groups -OCH3 is 1. The molecule has 7 aromatic carbocycles. The van der Waals surface area contributed by atoms with Crippen molar-refractivity contribution >= 4 is 17.3 Å². The molecule has 0 spiro atoms. The second-order valence-electron chi connectivity index (χ2n) is 28.6. The molecule has 0 aliphatic heterocycles. The summed E-state index contributed by atoms with van der Waals surface area (Å²) in [5, 5.41) is 32.2. The van der Waals surface area contributed by atoms with Crippen molar-refractivity contribution in [1.82, 2.24) is 0 Å². The third-order valence-electron chi connectivity index (χ3n) is 13.6. The van der Waals surface area contributed by atoms with Crippen LogP contribution in [0.1, 0.15) is 244 Å². The molecule has 7 nitrogen and oxygen atoms in total. The van der Waals surface area contributed by atoms with Gasteiger partial charge < -0.3 is 20.1 Å². The minimum absolute atomic E-state index is 0. The fraction of sp³-hybridized carbons (Fsp3) is 0.475. The van der Waals surface area contributed by atoms with Gasteiger partial charge in [-0.3, -0.25) is 0 Å². The fourth-order valence-corrected chi connectivity index (χ4v) is 7.83. The number of azide groups is 1. The average Bonchev–Trinajstić information content (AvgIpc) is 3.55. The molecule has 492 valence electrons. The highest BCUT2D eigenvalue weighted by atomic mass is 35.5. The average molecular weight is 1230 g/mol. The summed E-state index contributed by atoms with van der Waals surface area (Å²) in [5.41, 5.74) is 23.6. The topological polar surface area (TPSA) is 119 Å². The van der Waals surface area contributed by atoms with Gasteiger partial charge in [0.2, 0.25) is 0 Å². The molecule has 0 saturated heterocycles. The zero-order chi connectivity index (χ0) is 64.1. The van der Waals surface area contributed by atoms with E-state index in [2.05, 4.69) is 223 Å². The van der Waals surface area contributed by atoms with Gasteiger partial charge in [0.15, 0.2) is 0 Å². The molecule has 0 heterocycles. The summed E-state index contributed by atoms with van der Waals surface area (Å²) in [6.45, 7) is 53.8. The molecule has 3 N–H and O–H groups in total. The summed E-state index contributed by atoms with van der Waals surface area (Å²) in [6.07, 6.45) is 0. The monoisotopic (exact) mass is 1230 g/mol. The van der Waals surface area contributed by atoms with Crippen molar-refractivity contribution in [2.45, 2.75) is 248 Å². The van der Waals surface area contributed by atoms with Gasteiger partial charge >= 0.3 is 0 Å². The van der Waals surface area contributed by atoms with Crippen LogP contribution in [0.15, 0.2) is 157 Å². The van der Waals surface area contributed by atoms with Crippen molar-refractivity contribution in [3.8, 4) is 23.0 Å². The highest BCUT2D eigenvalue weighted by molar-refractivity contribution is 6.30. The number of rotatable bonds is 2. The summed E-state index contributed by atoms with van der Waals surface area (Å²) in [4.78, 5) is 2.72. The Labute approximate surface area is 546 Å². The molecular weight excluding hydrogens is 1100 g/mol. The molecule has 0 bridgehead atoms. The molecule has 0 fully saturated rings. The summed E-state index contributed by atoms with van der Waals surface area (Å²) >= 11 is 5.76. The maximum Gasteiger partial charge on any atom is 0.121 e. The van der Waals surface area contributed by atoms with Crippen molar-refractivity contribution in [2.24, 2.45) is 5.11 Å². The van der Waals surface area contributed by atoms with Crippen LogP contribution in [0.25, 0.3) is 10.4 Å². The lowest BCUT2D eigenvalue weighted by Crippen LogP contribution is -2.11. The molecule has 0 radical (unpaired) electrons. The number of phenolic OH excluding ortho intramolecular Hbond substituents is 3. The smallest absolute Gasteiger partial charge is 0.121 e. The van der Waals surface area contributed by atoms with Crippen LogP contribution in [0.2, 0.25) is 5.02 Å². The molecule has 0 aromatic heterocycles. The van der Waals surface area contributed by atoms with Crippen LogP contribution in [0.5, 0.6) is 23.0 Å². The Balaban J connectivity index is -0.000000302. The number of phenols is 3. The summed E-state index contributed by atoms with van der Waals surface area (Å²) < 4.78 is 5.08. The second kappa shape index (κ2) is 38.7. The maximum atomic E-state index is 9.60. The number of ether oxygens (including phenoxy) is 1. The summed E-state index contributed by atoms with van der Waals surface area (Å²) in [5.74, 6) is 2.05. The van der Waals surface area contributed by atoms with Crippen molar-refractivity contribution in [3.63, 3.8) is 0 Å². The first-order valence-corrected chi connectivity index (χ1v) is 29.2. The standard InChI is InChI=1S/C12H18O.2C11H16O.C11H16.C10H13Cl.C10H13N3.C10H14O.5CH4/c1-8-6-10(12(3,4)5)7-9(2)11(8)13;1-11(2,3)9-5-7-10(12-4)8-6-9;1-8-7-9(11(2,3)4)5-6-10(8)12;1-9-6-5-7-10(8-9)11(2,3)4;1-10(2,3)8-4-6-9(11)7-5-8;1-10(2,3)8-4-6-9(7-5-8)12-13-11;1-10(2,3)8-4-6-9(11)7-5-8;;;;;/h6-7,13H,1-5H3;5-8H,1-4H3;5-7,12H,1-4H3;5-8H,1-4H3;4-7H,1-3H3;4-7H,1-3H3;4-7,11H,1-3H3;5*1H4. The van der Waals surface area contributed by atoms with Crippen LogP contribution in [-0.2, 0) is 37.9 Å². The Bertz CT molecular complexity index is 2990. The third-order valence-corrected chi connectivity index (χ3v) is 13.8. The Morgan fingerprint density at radius 3 is 0.989 bits per heavy atom. The van der Waals surface area contributed by atoms with Crippen molar-refractivity contribution in [2.75, 3.05) is 7.11 Å². The van der Waals surface area contributed by atoms with E-state index in [1.165, 1.54) is 44.5 Å². The highest BCUT2D eigenvalue weighted by Crippen LogP contribution is 2.32. The van der Waals surface area contributed by atoms with Crippen molar-refractivity contribution < 1.29 is 20.1 Å². The van der Waals surface area contributed by atoms with Gasteiger partial charge in [-0.15, -0.1) is 0 Å². The molecule has 0 unspecified atom stereocenters. The van der Waals surface area contributed by atoms with Crippen LogP contribution in [0.4, 0.5) is 5.69 Å². The Hall–Kier alpha value is -6.66. The molecule has 0 aliphatic rings. The molecule has 0 aliphatic carbocycles. The summed E-state index contributed by atoms with van der Waals surface area (Å²) in [6, 6.07) is 49.8. The van der Waals surface area contributed by atoms with Gasteiger partial charge in [-0.25, -0.2) is 0 Å².